The number of thiol groups is 1. The lowest BCUT2D eigenvalue weighted by molar-refractivity contribution is 0.102. The van der Waals surface area contributed by atoms with E-state index in [1.54, 1.807) is 42.5 Å². The van der Waals surface area contributed by atoms with Crippen LogP contribution in [0.2, 0.25) is 0 Å². The number of para-hydroxylation sites is 1. The molecule has 0 heterocycles. The molecular weight excluding hydrogens is 365 g/mol. The van der Waals surface area contributed by atoms with Gasteiger partial charge in [-0.05, 0) is 48.5 Å². The lowest BCUT2D eigenvalue weighted by Crippen LogP contribution is -2.26. The Kier molecular flexibility index (Phi) is 5.73. The molecule has 0 fully saturated rings. The smallest absolute Gasteiger partial charge is 0.322 e. The number of hydrogen-bond donors (Lipinski definition) is 3. The van der Waals surface area contributed by atoms with Gasteiger partial charge < -0.3 is 10.6 Å². The highest BCUT2D eigenvalue weighted by Gasteiger charge is 2.14. The Bertz CT molecular complexity index is 949. The first-order valence-electron chi connectivity index (χ1n) is 8.05. The van der Waals surface area contributed by atoms with E-state index in [4.69, 9.17) is 0 Å². The maximum atomic E-state index is 13.7. The quantitative estimate of drug-likeness (QED) is 0.559. The Morgan fingerprint density at radius 2 is 1.37 bits per heavy atom. The van der Waals surface area contributed by atoms with Gasteiger partial charge in [0.2, 0.25) is 0 Å². The van der Waals surface area contributed by atoms with Crippen molar-refractivity contribution in [1.29, 1.82) is 0 Å². The van der Waals surface area contributed by atoms with Gasteiger partial charge in [0, 0.05) is 11.4 Å². The molecule has 0 saturated carbocycles. The Morgan fingerprint density at radius 3 is 2.04 bits per heavy atom. The van der Waals surface area contributed by atoms with E-state index in [9.17, 15) is 14.0 Å². The van der Waals surface area contributed by atoms with Gasteiger partial charge in [0.15, 0.2) is 0 Å². The van der Waals surface area contributed by atoms with E-state index in [1.807, 2.05) is 18.2 Å². The number of benzene rings is 3. The van der Waals surface area contributed by atoms with Crippen molar-refractivity contribution in [3.05, 3.63) is 90.2 Å². The molecule has 7 heteroatoms. The van der Waals surface area contributed by atoms with Gasteiger partial charge >= 0.3 is 6.03 Å². The second-order valence-corrected chi connectivity index (χ2v) is 5.99. The number of rotatable bonds is 4. The number of carbonyl (C=O) groups is 2. The van der Waals surface area contributed by atoms with Crippen molar-refractivity contribution in [2.24, 2.45) is 0 Å². The molecule has 2 N–H and O–H groups in total. The molecule has 0 aromatic heterocycles. The molecule has 0 aliphatic rings. The zero-order valence-electron chi connectivity index (χ0n) is 14.1. The van der Waals surface area contributed by atoms with Gasteiger partial charge in [0.1, 0.15) is 5.82 Å². The standard InChI is InChI=1S/C20H16FN3O2S/c21-18-9-5-4-8-17(18)19(25)22-15-10-12-16(13-11-15)24(27)20(26)23-14-6-2-1-3-7-14/h1-13,27H,(H,22,25)(H,23,26). The van der Waals surface area contributed by atoms with Crippen LogP contribution in [0.15, 0.2) is 78.9 Å². The maximum Gasteiger partial charge on any atom is 0.336 e. The minimum Gasteiger partial charge on any atom is -0.322 e. The Morgan fingerprint density at radius 1 is 0.778 bits per heavy atom. The van der Waals surface area contributed by atoms with Gasteiger partial charge in [-0.1, -0.05) is 43.1 Å². The van der Waals surface area contributed by atoms with Crippen molar-refractivity contribution in [1.82, 2.24) is 0 Å². The molecule has 3 rings (SSSR count). The van der Waals surface area contributed by atoms with Crippen LogP contribution in [0.4, 0.5) is 26.2 Å². The van der Waals surface area contributed by atoms with Crippen molar-refractivity contribution >= 4 is 41.8 Å². The number of nitrogens with zero attached hydrogens (tertiary/aromatic N) is 1. The molecule has 0 radical (unpaired) electrons. The Balaban J connectivity index is 1.65. The van der Waals surface area contributed by atoms with Crippen LogP contribution in [0.3, 0.4) is 0 Å². The number of anilines is 3. The highest BCUT2D eigenvalue weighted by molar-refractivity contribution is 7.82. The van der Waals surface area contributed by atoms with Crippen LogP contribution in [-0.4, -0.2) is 11.9 Å². The van der Waals surface area contributed by atoms with Gasteiger partial charge in [-0.2, -0.15) is 0 Å². The zero-order valence-corrected chi connectivity index (χ0v) is 15.0. The van der Waals surface area contributed by atoms with Gasteiger partial charge in [-0.15, -0.1) is 0 Å². The van der Waals surface area contributed by atoms with E-state index in [1.165, 1.54) is 18.2 Å². The first-order valence-corrected chi connectivity index (χ1v) is 8.45. The van der Waals surface area contributed by atoms with Crippen LogP contribution in [0, 0.1) is 5.82 Å². The number of amides is 3. The molecule has 27 heavy (non-hydrogen) atoms. The molecular formula is C20H16FN3O2S. The van der Waals surface area contributed by atoms with Gasteiger partial charge in [0.05, 0.1) is 11.3 Å². The summed E-state index contributed by atoms with van der Waals surface area (Å²) in [6.07, 6.45) is 0. The largest absolute Gasteiger partial charge is 0.336 e. The average Bonchev–Trinajstić information content (AvgIpc) is 2.69. The molecule has 5 nitrogen and oxygen atoms in total. The summed E-state index contributed by atoms with van der Waals surface area (Å²) in [5.41, 5.74) is 1.59. The fourth-order valence-corrected chi connectivity index (χ4v) is 2.53. The molecule has 3 aromatic rings. The second-order valence-electron chi connectivity index (χ2n) is 5.59. The van der Waals surface area contributed by atoms with Crippen LogP contribution < -0.4 is 14.9 Å². The van der Waals surface area contributed by atoms with Crippen LogP contribution in [0.25, 0.3) is 0 Å². The monoisotopic (exact) mass is 381 g/mol. The Labute approximate surface area is 161 Å². The number of hydrogen-bond acceptors (Lipinski definition) is 3. The summed E-state index contributed by atoms with van der Waals surface area (Å²) < 4.78 is 14.8. The summed E-state index contributed by atoms with van der Waals surface area (Å²) in [6.45, 7) is 0. The first kappa shape index (κ1) is 18.5. The second kappa shape index (κ2) is 8.37. The summed E-state index contributed by atoms with van der Waals surface area (Å²) >= 11 is 4.20. The van der Waals surface area contributed by atoms with Crippen molar-refractivity contribution in [2.75, 3.05) is 14.9 Å². The number of halogens is 1. The molecule has 0 aliphatic carbocycles. The highest BCUT2D eigenvalue weighted by Crippen LogP contribution is 2.21. The molecule has 0 atom stereocenters. The minimum absolute atomic E-state index is 0.0420. The maximum absolute atomic E-state index is 13.7. The van der Waals surface area contributed by atoms with E-state index in [0.29, 0.717) is 17.1 Å². The van der Waals surface area contributed by atoms with Gasteiger partial charge in [0.25, 0.3) is 5.91 Å². The van der Waals surface area contributed by atoms with Crippen molar-refractivity contribution in [3.63, 3.8) is 0 Å². The third kappa shape index (κ3) is 4.65. The molecule has 3 aromatic carbocycles. The molecule has 3 amide bonds. The topological polar surface area (TPSA) is 61.4 Å². The molecule has 136 valence electrons. The third-order valence-corrected chi connectivity index (χ3v) is 4.12. The Hall–Kier alpha value is -3.32. The number of nitrogens with one attached hydrogen (secondary N) is 2. The lowest BCUT2D eigenvalue weighted by Gasteiger charge is -2.17. The van der Waals surface area contributed by atoms with E-state index in [2.05, 4.69) is 23.4 Å². The predicted molar refractivity (Wildman–Crippen MR) is 108 cm³/mol. The van der Waals surface area contributed by atoms with Crippen molar-refractivity contribution in [3.8, 4) is 0 Å². The molecule has 0 unspecified atom stereocenters. The van der Waals surface area contributed by atoms with Crippen LogP contribution in [0.5, 0.6) is 0 Å². The highest BCUT2D eigenvalue weighted by atomic mass is 32.1. The SMILES string of the molecule is O=C(Nc1ccc(N(S)C(=O)Nc2ccccc2)cc1)c1ccccc1F. The van der Waals surface area contributed by atoms with Crippen LogP contribution >= 0.6 is 12.8 Å². The third-order valence-electron chi connectivity index (χ3n) is 3.71. The normalized spacial score (nSPS) is 10.1. The van der Waals surface area contributed by atoms with E-state index >= 15 is 0 Å². The summed E-state index contributed by atoms with van der Waals surface area (Å²) in [5, 5.41) is 5.33. The van der Waals surface area contributed by atoms with Crippen LogP contribution in [-0.2, 0) is 0 Å². The molecule has 0 spiro atoms. The van der Waals surface area contributed by atoms with E-state index in [0.717, 1.165) is 4.31 Å². The number of urea groups is 1. The predicted octanol–water partition coefficient (Wildman–Crippen LogP) is 4.96. The number of carbonyl (C=O) groups excluding carboxylic acids is 2. The first-order chi connectivity index (χ1) is 13.0. The molecule has 0 saturated heterocycles. The fourth-order valence-electron chi connectivity index (χ4n) is 2.34. The van der Waals surface area contributed by atoms with Gasteiger partial charge in [-0.25, -0.2) is 13.5 Å². The fraction of sp³-hybridized carbons (Fsp3) is 0. The van der Waals surface area contributed by atoms with Crippen LogP contribution in [0.1, 0.15) is 10.4 Å². The summed E-state index contributed by atoms with van der Waals surface area (Å²) in [6, 6.07) is 20.8. The lowest BCUT2D eigenvalue weighted by atomic mass is 10.2. The zero-order chi connectivity index (χ0) is 19.2. The van der Waals surface area contributed by atoms with E-state index in [-0.39, 0.29) is 5.56 Å². The summed E-state index contributed by atoms with van der Waals surface area (Å²) in [5.74, 6) is -1.14. The molecule has 0 aliphatic heterocycles. The van der Waals surface area contributed by atoms with Crippen molar-refractivity contribution < 1.29 is 14.0 Å². The van der Waals surface area contributed by atoms with Crippen molar-refractivity contribution in [2.45, 2.75) is 0 Å². The summed E-state index contributed by atoms with van der Waals surface area (Å²) in [4.78, 5) is 24.3. The minimum atomic E-state index is -0.592. The van der Waals surface area contributed by atoms with Gasteiger partial charge in [-0.3, -0.25) is 4.79 Å². The molecule has 0 bridgehead atoms. The van der Waals surface area contributed by atoms with E-state index < -0.39 is 17.8 Å². The summed E-state index contributed by atoms with van der Waals surface area (Å²) in [7, 11) is 0. The average molecular weight is 381 g/mol.